The van der Waals surface area contributed by atoms with E-state index in [-0.39, 0.29) is 5.91 Å². The lowest BCUT2D eigenvalue weighted by atomic mass is 10.1. The Balaban J connectivity index is 1.47. The number of hydrogen-bond acceptors (Lipinski definition) is 4. The number of halogens is 1. The fraction of sp³-hybridized carbons (Fsp3) is 0.273. The molecular weight excluding hydrogens is 436 g/mol. The molecule has 146 valence electrons. The maximum atomic E-state index is 12.2. The van der Waals surface area contributed by atoms with Gasteiger partial charge in [-0.05, 0) is 49.6 Å². The minimum Gasteiger partial charge on any atom is -0.494 e. The summed E-state index contributed by atoms with van der Waals surface area (Å²) in [5, 5.41) is 3.54. The van der Waals surface area contributed by atoms with Crippen LogP contribution in [0, 0.1) is 6.92 Å². The molecule has 28 heavy (non-hydrogen) atoms. The highest BCUT2D eigenvalue weighted by Gasteiger charge is 2.12. The van der Waals surface area contributed by atoms with Crippen molar-refractivity contribution in [2.75, 3.05) is 11.9 Å². The largest absolute Gasteiger partial charge is 0.494 e. The van der Waals surface area contributed by atoms with Crippen LogP contribution in [0.5, 0.6) is 5.75 Å². The van der Waals surface area contributed by atoms with Gasteiger partial charge in [-0.15, -0.1) is 11.3 Å². The Morgan fingerprint density at radius 3 is 2.54 bits per heavy atom. The normalized spacial score (nSPS) is 10.7. The third-order valence-electron chi connectivity index (χ3n) is 4.31. The molecule has 0 aliphatic heterocycles. The third-order valence-corrected chi connectivity index (χ3v) is 5.72. The van der Waals surface area contributed by atoms with Gasteiger partial charge in [0.15, 0.2) is 5.13 Å². The fourth-order valence-electron chi connectivity index (χ4n) is 2.75. The molecule has 0 bridgehead atoms. The van der Waals surface area contributed by atoms with Crippen LogP contribution in [0.1, 0.15) is 30.2 Å². The van der Waals surface area contributed by atoms with Crippen molar-refractivity contribution >= 4 is 38.3 Å². The van der Waals surface area contributed by atoms with E-state index in [9.17, 15) is 4.79 Å². The Labute approximate surface area is 178 Å². The van der Waals surface area contributed by atoms with E-state index >= 15 is 0 Å². The van der Waals surface area contributed by atoms with Crippen molar-refractivity contribution in [3.8, 4) is 17.0 Å². The van der Waals surface area contributed by atoms with E-state index in [1.165, 1.54) is 16.9 Å². The van der Waals surface area contributed by atoms with Gasteiger partial charge in [0, 0.05) is 21.3 Å². The van der Waals surface area contributed by atoms with Crippen molar-refractivity contribution in [1.29, 1.82) is 0 Å². The van der Waals surface area contributed by atoms with E-state index in [4.69, 9.17) is 4.74 Å². The predicted octanol–water partition coefficient (Wildman–Crippen LogP) is 6.24. The van der Waals surface area contributed by atoms with E-state index in [1.54, 1.807) is 0 Å². The zero-order valence-electron chi connectivity index (χ0n) is 16.0. The van der Waals surface area contributed by atoms with Crippen LogP contribution in [0.4, 0.5) is 5.13 Å². The molecule has 1 amide bonds. The summed E-state index contributed by atoms with van der Waals surface area (Å²) in [4.78, 5) is 17.9. The summed E-state index contributed by atoms with van der Waals surface area (Å²) in [6.45, 7) is 4.66. The molecule has 1 aromatic heterocycles. The molecule has 1 N–H and O–H groups in total. The Hall–Kier alpha value is -2.18. The van der Waals surface area contributed by atoms with Crippen LogP contribution in [-0.2, 0) is 11.2 Å². The number of aryl methyl sites for hydroxylation is 2. The monoisotopic (exact) mass is 458 g/mol. The number of aromatic nitrogens is 1. The summed E-state index contributed by atoms with van der Waals surface area (Å²) < 4.78 is 6.73. The number of carbonyl (C=O) groups excluding carboxylic acids is 1. The molecule has 0 unspecified atom stereocenters. The van der Waals surface area contributed by atoms with E-state index in [0.29, 0.717) is 24.6 Å². The molecule has 0 saturated carbocycles. The van der Waals surface area contributed by atoms with E-state index < -0.39 is 0 Å². The number of nitrogens with zero attached hydrogens (tertiary/aromatic N) is 1. The number of nitrogens with one attached hydrogen (secondary N) is 1. The number of ether oxygens (including phenoxy) is 1. The maximum Gasteiger partial charge on any atom is 0.226 e. The molecule has 2 aromatic carbocycles. The molecule has 0 spiro atoms. The summed E-state index contributed by atoms with van der Waals surface area (Å²) in [7, 11) is 0. The maximum absolute atomic E-state index is 12.2. The zero-order valence-corrected chi connectivity index (χ0v) is 18.4. The van der Waals surface area contributed by atoms with Gasteiger partial charge in [0.1, 0.15) is 5.75 Å². The van der Waals surface area contributed by atoms with E-state index in [0.717, 1.165) is 32.8 Å². The van der Waals surface area contributed by atoms with Crippen LogP contribution in [0.2, 0.25) is 0 Å². The molecular formula is C22H23BrN2O2S. The number of amides is 1. The van der Waals surface area contributed by atoms with Gasteiger partial charge in [-0.2, -0.15) is 0 Å². The Kier molecular flexibility index (Phi) is 7.23. The number of hydrogen-bond donors (Lipinski definition) is 1. The average Bonchev–Trinajstić information content (AvgIpc) is 3.06. The van der Waals surface area contributed by atoms with E-state index in [2.05, 4.69) is 45.3 Å². The topological polar surface area (TPSA) is 51.2 Å². The second-order valence-corrected chi connectivity index (χ2v) is 8.55. The van der Waals surface area contributed by atoms with Crippen molar-refractivity contribution in [3.05, 3.63) is 63.4 Å². The zero-order chi connectivity index (χ0) is 19.9. The van der Waals surface area contributed by atoms with Gasteiger partial charge in [-0.3, -0.25) is 4.79 Å². The first-order valence-electron chi connectivity index (χ1n) is 9.30. The molecule has 0 atom stereocenters. The smallest absolute Gasteiger partial charge is 0.226 e. The fourth-order valence-corrected chi connectivity index (χ4v) is 3.87. The van der Waals surface area contributed by atoms with Gasteiger partial charge >= 0.3 is 0 Å². The van der Waals surface area contributed by atoms with Gasteiger partial charge < -0.3 is 10.1 Å². The summed E-state index contributed by atoms with van der Waals surface area (Å²) >= 11 is 4.94. The number of anilines is 1. The van der Waals surface area contributed by atoms with Gasteiger partial charge in [-0.1, -0.05) is 47.1 Å². The quantitative estimate of drug-likeness (QED) is 0.406. The molecule has 0 fully saturated rings. The van der Waals surface area contributed by atoms with E-state index in [1.807, 2.05) is 43.3 Å². The first-order chi connectivity index (χ1) is 13.5. The minimum atomic E-state index is -0.0407. The highest BCUT2D eigenvalue weighted by Crippen LogP contribution is 2.31. The van der Waals surface area contributed by atoms with Crippen molar-refractivity contribution in [3.63, 3.8) is 0 Å². The second kappa shape index (κ2) is 9.85. The first-order valence-corrected chi connectivity index (χ1v) is 10.9. The lowest BCUT2D eigenvalue weighted by Gasteiger charge is -2.06. The molecule has 0 radical (unpaired) electrons. The van der Waals surface area contributed by atoms with Crippen LogP contribution in [0.3, 0.4) is 0 Å². The standard InChI is InChI=1S/C22H23BrN2O2S/c1-3-16-6-12-19(13-7-16)27-14-4-5-20(26)24-22-25-21(15(2)28-22)17-8-10-18(23)11-9-17/h6-13H,3-5,14H2,1-2H3,(H,24,25,26). The van der Waals surface area contributed by atoms with Crippen molar-refractivity contribution in [2.45, 2.75) is 33.1 Å². The van der Waals surface area contributed by atoms with Crippen LogP contribution < -0.4 is 10.1 Å². The molecule has 0 saturated heterocycles. The molecule has 0 aliphatic carbocycles. The Morgan fingerprint density at radius 1 is 1.14 bits per heavy atom. The second-order valence-electron chi connectivity index (χ2n) is 6.43. The van der Waals surface area contributed by atoms with Crippen LogP contribution in [0.25, 0.3) is 11.3 Å². The lowest BCUT2D eigenvalue weighted by Crippen LogP contribution is -2.12. The Bertz CT molecular complexity index is 921. The van der Waals surface area contributed by atoms with Crippen LogP contribution >= 0.6 is 27.3 Å². The number of rotatable bonds is 8. The van der Waals surface area contributed by atoms with Crippen LogP contribution in [0.15, 0.2) is 53.0 Å². The number of thiazole rings is 1. The van der Waals surface area contributed by atoms with Gasteiger partial charge in [-0.25, -0.2) is 4.98 Å². The lowest BCUT2D eigenvalue weighted by molar-refractivity contribution is -0.116. The predicted molar refractivity (Wildman–Crippen MR) is 119 cm³/mol. The first kappa shape index (κ1) is 20.6. The van der Waals surface area contributed by atoms with Crippen molar-refractivity contribution < 1.29 is 9.53 Å². The summed E-state index contributed by atoms with van der Waals surface area (Å²) in [6.07, 6.45) is 2.07. The van der Waals surface area contributed by atoms with Crippen molar-refractivity contribution in [2.24, 2.45) is 0 Å². The summed E-state index contributed by atoms with van der Waals surface area (Å²) in [5.74, 6) is 0.799. The highest BCUT2D eigenvalue weighted by atomic mass is 79.9. The number of benzene rings is 2. The SMILES string of the molecule is CCc1ccc(OCCCC(=O)Nc2nc(-c3ccc(Br)cc3)c(C)s2)cc1. The van der Waals surface area contributed by atoms with Gasteiger partial charge in [0.05, 0.1) is 12.3 Å². The number of carbonyl (C=O) groups is 1. The molecule has 6 heteroatoms. The van der Waals surface area contributed by atoms with Crippen molar-refractivity contribution in [1.82, 2.24) is 4.98 Å². The minimum absolute atomic E-state index is 0.0407. The molecule has 4 nitrogen and oxygen atoms in total. The molecule has 3 rings (SSSR count). The van der Waals surface area contributed by atoms with Crippen LogP contribution in [-0.4, -0.2) is 17.5 Å². The van der Waals surface area contributed by atoms with Gasteiger partial charge in [0.25, 0.3) is 0 Å². The molecule has 1 heterocycles. The summed E-state index contributed by atoms with van der Waals surface area (Å²) in [6, 6.07) is 16.1. The third kappa shape index (κ3) is 5.66. The highest BCUT2D eigenvalue weighted by molar-refractivity contribution is 9.10. The molecule has 0 aliphatic rings. The Morgan fingerprint density at radius 2 is 1.86 bits per heavy atom. The summed E-state index contributed by atoms with van der Waals surface area (Å²) in [5.41, 5.74) is 3.24. The molecule has 3 aromatic rings. The average molecular weight is 459 g/mol. The van der Waals surface area contributed by atoms with Gasteiger partial charge in [0.2, 0.25) is 5.91 Å².